The van der Waals surface area contributed by atoms with Gasteiger partial charge in [0, 0.05) is 25.2 Å². The van der Waals surface area contributed by atoms with E-state index in [0.717, 1.165) is 25.0 Å². The molecule has 0 amide bonds. The molecule has 2 unspecified atom stereocenters. The zero-order chi connectivity index (χ0) is 15.2. The summed E-state index contributed by atoms with van der Waals surface area (Å²) in [7, 11) is -4.02. The van der Waals surface area contributed by atoms with Crippen LogP contribution in [0.1, 0.15) is 19.3 Å². The Bertz CT molecular complexity index is 668. The highest BCUT2D eigenvalue weighted by Gasteiger charge is 2.36. The van der Waals surface area contributed by atoms with Crippen LogP contribution in [0.4, 0.5) is 8.78 Å². The van der Waals surface area contributed by atoms with Crippen LogP contribution in [0.25, 0.3) is 0 Å². The number of nitrogens with one attached hydrogen (secondary N) is 1. The SMILES string of the molecule is O=S(=O)(c1cc(F)c(Br)cc1F)N1CCC2CCC(C1)N2. The first-order valence-corrected chi connectivity index (χ1v) is 9.02. The molecule has 116 valence electrons. The summed E-state index contributed by atoms with van der Waals surface area (Å²) in [6.45, 7) is 0.629. The van der Waals surface area contributed by atoms with Gasteiger partial charge in [-0.2, -0.15) is 4.31 Å². The molecule has 2 aliphatic rings. The van der Waals surface area contributed by atoms with Gasteiger partial charge in [-0.05, 0) is 47.3 Å². The highest BCUT2D eigenvalue weighted by atomic mass is 79.9. The van der Waals surface area contributed by atoms with Crippen LogP contribution in [-0.2, 0) is 10.0 Å². The second-order valence-electron chi connectivity index (χ2n) is 5.49. The van der Waals surface area contributed by atoms with Crippen LogP contribution in [0.2, 0.25) is 0 Å². The van der Waals surface area contributed by atoms with E-state index in [2.05, 4.69) is 21.2 Å². The minimum Gasteiger partial charge on any atom is -0.310 e. The average Bonchev–Trinajstić information content (AvgIpc) is 2.72. The lowest BCUT2D eigenvalue weighted by Gasteiger charge is -2.24. The lowest BCUT2D eigenvalue weighted by Crippen LogP contribution is -2.39. The van der Waals surface area contributed by atoms with E-state index in [-0.39, 0.29) is 10.5 Å². The van der Waals surface area contributed by atoms with Crippen molar-refractivity contribution in [1.82, 2.24) is 9.62 Å². The average molecular weight is 381 g/mol. The first-order chi connectivity index (χ1) is 9.88. The molecule has 0 saturated carbocycles. The van der Waals surface area contributed by atoms with Crippen molar-refractivity contribution in [2.24, 2.45) is 0 Å². The summed E-state index contributed by atoms with van der Waals surface area (Å²) in [5.41, 5.74) is 0. The van der Waals surface area contributed by atoms with Gasteiger partial charge >= 0.3 is 0 Å². The largest absolute Gasteiger partial charge is 0.310 e. The van der Waals surface area contributed by atoms with Gasteiger partial charge in [0.15, 0.2) is 0 Å². The third kappa shape index (κ3) is 2.86. The smallest absolute Gasteiger partial charge is 0.246 e. The van der Waals surface area contributed by atoms with Crippen LogP contribution in [0.5, 0.6) is 0 Å². The number of halogens is 3. The predicted octanol–water partition coefficient (Wildman–Crippen LogP) is 2.24. The maximum absolute atomic E-state index is 14.0. The van der Waals surface area contributed by atoms with Crippen molar-refractivity contribution in [2.45, 2.75) is 36.2 Å². The number of rotatable bonds is 2. The van der Waals surface area contributed by atoms with Gasteiger partial charge in [0.2, 0.25) is 10.0 Å². The Morgan fingerprint density at radius 3 is 2.62 bits per heavy atom. The van der Waals surface area contributed by atoms with Crippen molar-refractivity contribution in [1.29, 1.82) is 0 Å². The Morgan fingerprint density at radius 1 is 1.14 bits per heavy atom. The first-order valence-electron chi connectivity index (χ1n) is 6.78. The fourth-order valence-electron chi connectivity index (χ4n) is 2.97. The van der Waals surface area contributed by atoms with Crippen molar-refractivity contribution < 1.29 is 17.2 Å². The number of benzene rings is 1. The van der Waals surface area contributed by atoms with Crippen LogP contribution >= 0.6 is 15.9 Å². The van der Waals surface area contributed by atoms with Gasteiger partial charge in [-0.25, -0.2) is 17.2 Å². The van der Waals surface area contributed by atoms with Gasteiger partial charge in [0.1, 0.15) is 16.5 Å². The van der Waals surface area contributed by atoms with Gasteiger partial charge < -0.3 is 5.32 Å². The van der Waals surface area contributed by atoms with E-state index in [1.54, 1.807) is 0 Å². The van der Waals surface area contributed by atoms with Gasteiger partial charge in [0.05, 0.1) is 4.47 Å². The van der Waals surface area contributed by atoms with Gasteiger partial charge in [-0.3, -0.25) is 0 Å². The van der Waals surface area contributed by atoms with Crippen molar-refractivity contribution >= 4 is 26.0 Å². The molecule has 3 rings (SSSR count). The Kier molecular flexibility index (Phi) is 4.06. The van der Waals surface area contributed by atoms with E-state index in [9.17, 15) is 17.2 Å². The summed E-state index contributed by atoms with van der Waals surface area (Å²) in [5.74, 6) is -1.73. The molecule has 2 fully saturated rings. The van der Waals surface area contributed by atoms with Gasteiger partial charge in [-0.15, -0.1) is 0 Å². The Labute approximate surface area is 130 Å². The first kappa shape index (κ1) is 15.3. The highest BCUT2D eigenvalue weighted by Crippen LogP contribution is 2.28. The lowest BCUT2D eigenvalue weighted by molar-refractivity contribution is 0.380. The molecule has 21 heavy (non-hydrogen) atoms. The molecule has 4 nitrogen and oxygen atoms in total. The third-order valence-corrected chi connectivity index (χ3v) is 6.57. The molecule has 2 saturated heterocycles. The molecule has 0 aromatic heterocycles. The fourth-order valence-corrected chi connectivity index (χ4v) is 4.84. The molecule has 1 aromatic carbocycles. The molecule has 2 heterocycles. The molecule has 1 aromatic rings. The van der Waals surface area contributed by atoms with Crippen LogP contribution in [0.15, 0.2) is 21.5 Å². The lowest BCUT2D eigenvalue weighted by atomic mass is 10.1. The van der Waals surface area contributed by atoms with E-state index >= 15 is 0 Å². The number of hydrogen-bond acceptors (Lipinski definition) is 3. The molecule has 0 aliphatic carbocycles. The zero-order valence-corrected chi connectivity index (χ0v) is 13.6. The summed E-state index contributed by atoms with van der Waals surface area (Å²) >= 11 is 2.85. The number of nitrogens with zero attached hydrogens (tertiary/aromatic N) is 1. The standard InChI is InChI=1S/C13H15BrF2N2O2S/c14-10-5-12(16)13(6-11(10)15)21(19,20)18-4-3-8-1-2-9(7-18)17-8/h5-6,8-9,17H,1-4,7H2. The molecule has 0 spiro atoms. The minimum atomic E-state index is -4.02. The molecular formula is C13H15BrF2N2O2S. The van der Waals surface area contributed by atoms with E-state index < -0.39 is 26.6 Å². The Morgan fingerprint density at radius 2 is 1.86 bits per heavy atom. The molecule has 8 heteroatoms. The Hall–Kier alpha value is -0.570. The van der Waals surface area contributed by atoms with Crippen molar-refractivity contribution in [3.63, 3.8) is 0 Å². The van der Waals surface area contributed by atoms with Crippen LogP contribution < -0.4 is 5.32 Å². The minimum absolute atomic E-state index is 0.0875. The maximum atomic E-state index is 14.0. The van der Waals surface area contributed by atoms with Crippen molar-refractivity contribution in [3.8, 4) is 0 Å². The molecule has 2 bridgehead atoms. The topological polar surface area (TPSA) is 49.4 Å². The molecular weight excluding hydrogens is 366 g/mol. The quantitative estimate of drug-likeness (QED) is 0.800. The predicted molar refractivity (Wildman–Crippen MR) is 77.4 cm³/mol. The van der Waals surface area contributed by atoms with Gasteiger partial charge in [-0.1, -0.05) is 0 Å². The van der Waals surface area contributed by atoms with Crippen LogP contribution in [-0.4, -0.2) is 37.9 Å². The maximum Gasteiger partial charge on any atom is 0.246 e. The highest BCUT2D eigenvalue weighted by molar-refractivity contribution is 9.10. The number of fused-ring (bicyclic) bond motifs is 2. The third-order valence-electron chi connectivity index (χ3n) is 4.08. The van der Waals surface area contributed by atoms with E-state index in [1.807, 2.05) is 0 Å². The zero-order valence-electron chi connectivity index (χ0n) is 11.2. The second-order valence-corrected chi connectivity index (χ2v) is 8.25. The van der Waals surface area contributed by atoms with E-state index in [1.165, 1.54) is 4.31 Å². The number of hydrogen-bond donors (Lipinski definition) is 1. The summed E-state index contributed by atoms with van der Waals surface area (Å²) in [4.78, 5) is -0.596. The van der Waals surface area contributed by atoms with Crippen LogP contribution in [0, 0.1) is 11.6 Å². The summed E-state index contributed by atoms with van der Waals surface area (Å²) < 4.78 is 53.9. The number of sulfonamides is 1. The molecule has 0 radical (unpaired) electrons. The second kappa shape index (κ2) is 5.57. The van der Waals surface area contributed by atoms with Gasteiger partial charge in [0.25, 0.3) is 0 Å². The normalized spacial score (nSPS) is 26.8. The molecule has 2 atom stereocenters. The molecule has 2 aliphatic heterocycles. The van der Waals surface area contributed by atoms with Crippen molar-refractivity contribution in [3.05, 3.63) is 28.2 Å². The summed E-state index contributed by atoms with van der Waals surface area (Å²) in [5, 5.41) is 3.36. The fraction of sp³-hybridized carbons (Fsp3) is 0.538. The van der Waals surface area contributed by atoms with Crippen LogP contribution in [0.3, 0.4) is 0 Å². The van der Waals surface area contributed by atoms with E-state index in [4.69, 9.17) is 0 Å². The monoisotopic (exact) mass is 380 g/mol. The Balaban J connectivity index is 1.95. The van der Waals surface area contributed by atoms with Crippen molar-refractivity contribution in [2.75, 3.05) is 13.1 Å². The van der Waals surface area contributed by atoms with E-state index in [0.29, 0.717) is 25.6 Å². The summed E-state index contributed by atoms with van der Waals surface area (Å²) in [6.07, 6.45) is 2.64. The summed E-state index contributed by atoms with van der Waals surface area (Å²) in [6, 6.07) is 2.01. The molecule has 1 N–H and O–H groups in total.